The second kappa shape index (κ2) is 4.71. The van der Waals surface area contributed by atoms with E-state index in [4.69, 9.17) is 21.1 Å². The second-order valence-corrected chi connectivity index (χ2v) is 6.73. The van der Waals surface area contributed by atoms with Crippen molar-refractivity contribution in [1.82, 2.24) is 0 Å². The molecule has 0 aromatic rings. The lowest BCUT2D eigenvalue weighted by Crippen LogP contribution is -2.57. The molecule has 4 fully saturated rings. The second-order valence-electron chi connectivity index (χ2n) is 6.35. The highest BCUT2D eigenvalue weighted by Crippen LogP contribution is 2.59. The Hall–Kier alpha value is 0.210. The zero-order chi connectivity index (χ0) is 11.9. The minimum absolute atomic E-state index is 0.0831. The Kier molecular flexibility index (Phi) is 3.40. The van der Waals surface area contributed by atoms with Crippen molar-refractivity contribution < 1.29 is 9.47 Å². The first-order chi connectivity index (χ1) is 8.22. The van der Waals surface area contributed by atoms with Gasteiger partial charge < -0.3 is 9.47 Å². The highest BCUT2D eigenvalue weighted by molar-refractivity contribution is 6.17. The lowest BCUT2D eigenvalue weighted by molar-refractivity contribution is -0.231. The number of halogens is 1. The van der Waals surface area contributed by atoms with Crippen molar-refractivity contribution in [3.8, 4) is 0 Å². The van der Waals surface area contributed by atoms with Gasteiger partial charge >= 0.3 is 0 Å². The van der Waals surface area contributed by atoms with Crippen LogP contribution in [0.4, 0.5) is 0 Å². The number of rotatable bonds is 5. The highest BCUT2D eigenvalue weighted by atomic mass is 35.5. The van der Waals surface area contributed by atoms with Gasteiger partial charge in [-0.1, -0.05) is 0 Å². The fraction of sp³-hybridized carbons (Fsp3) is 1.00. The molecule has 0 N–H and O–H groups in total. The van der Waals surface area contributed by atoms with Gasteiger partial charge in [0.1, 0.15) is 6.79 Å². The smallest absolute Gasteiger partial charge is 0.147 e. The Morgan fingerprint density at radius 1 is 1.06 bits per heavy atom. The van der Waals surface area contributed by atoms with Crippen molar-refractivity contribution in [2.45, 2.75) is 44.6 Å². The monoisotopic (exact) mass is 258 g/mol. The Balaban J connectivity index is 1.61. The van der Waals surface area contributed by atoms with Crippen LogP contribution in [0.2, 0.25) is 0 Å². The van der Waals surface area contributed by atoms with Crippen molar-refractivity contribution in [2.75, 3.05) is 19.3 Å². The molecule has 4 saturated carbocycles. The normalized spacial score (nSPS) is 47.6. The lowest BCUT2D eigenvalue weighted by Gasteiger charge is -2.59. The summed E-state index contributed by atoms with van der Waals surface area (Å²) in [7, 11) is 0. The van der Waals surface area contributed by atoms with E-state index in [0.29, 0.717) is 19.3 Å². The van der Waals surface area contributed by atoms with E-state index in [2.05, 4.69) is 6.92 Å². The van der Waals surface area contributed by atoms with Gasteiger partial charge in [-0.2, -0.15) is 0 Å². The van der Waals surface area contributed by atoms with Crippen LogP contribution in [0.1, 0.15) is 39.0 Å². The molecule has 4 aliphatic carbocycles. The minimum Gasteiger partial charge on any atom is -0.354 e. The molecule has 0 aliphatic heterocycles. The molecule has 0 radical (unpaired) electrons. The first kappa shape index (κ1) is 12.3. The average molecular weight is 259 g/mol. The largest absolute Gasteiger partial charge is 0.354 e. The highest BCUT2D eigenvalue weighted by Gasteiger charge is 2.55. The Morgan fingerprint density at radius 3 is 2.18 bits per heavy atom. The van der Waals surface area contributed by atoms with Crippen molar-refractivity contribution in [3.63, 3.8) is 0 Å². The van der Waals surface area contributed by atoms with Gasteiger partial charge in [0.05, 0.1) is 12.2 Å². The fourth-order valence-corrected chi connectivity index (χ4v) is 4.75. The van der Waals surface area contributed by atoms with Gasteiger partial charge in [-0.15, -0.1) is 11.6 Å². The summed E-state index contributed by atoms with van der Waals surface area (Å²) in [5.41, 5.74) is 0.0831. The van der Waals surface area contributed by atoms with E-state index >= 15 is 0 Å². The zero-order valence-corrected chi connectivity index (χ0v) is 11.4. The molecule has 0 atom stereocenters. The van der Waals surface area contributed by atoms with E-state index in [1.165, 1.54) is 32.1 Å². The Morgan fingerprint density at radius 2 is 1.65 bits per heavy atom. The molecule has 17 heavy (non-hydrogen) atoms. The molecule has 0 aromatic heterocycles. The molecule has 0 unspecified atom stereocenters. The van der Waals surface area contributed by atoms with Crippen LogP contribution >= 0.6 is 11.6 Å². The summed E-state index contributed by atoms with van der Waals surface area (Å²) in [4.78, 5) is 0. The third kappa shape index (κ3) is 2.13. The average Bonchev–Trinajstić information content (AvgIpc) is 2.31. The van der Waals surface area contributed by atoms with Crippen LogP contribution in [-0.4, -0.2) is 24.9 Å². The predicted octanol–water partition coefficient (Wildman–Crippen LogP) is 3.43. The molecule has 3 heteroatoms. The van der Waals surface area contributed by atoms with Crippen molar-refractivity contribution >= 4 is 11.6 Å². The molecule has 4 bridgehead atoms. The molecule has 0 heterocycles. The molecule has 4 aliphatic rings. The number of ether oxygens (including phenoxy) is 2. The molecular formula is C14H23ClO2. The summed E-state index contributed by atoms with van der Waals surface area (Å²) in [5, 5.41) is 0. The van der Waals surface area contributed by atoms with Gasteiger partial charge in [0, 0.05) is 5.88 Å². The van der Waals surface area contributed by atoms with Gasteiger partial charge in [-0.3, -0.25) is 0 Å². The van der Waals surface area contributed by atoms with Gasteiger partial charge in [0.15, 0.2) is 0 Å². The van der Waals surface area contributed by atoms with Crippen LogP contribution in [0.5, 0.6) is 0 Å². The first-order valence-electron chi connectivity index (χ1n) is 7.00. The number of alkyl halides is 1. The van der Waals surface area contributed by atoms with Crippen LogP contribution in [0.15, 0.2) is 0 Å². The quantitative estimate of drug-likeness (QED) is 0.427. The van der Waals surface area contributed by atoms with E-state index < -0.39 is 0 Å². The van der Waals surface area contributed by atoms with E-state index in [9.17, 15) is 0 Å². The molecule has 4 rings (SSSR count). The summed E-state index contributed by atoms with van der Waals surface area (Å²) in [6.07, 6.45) is 7.04. The van der Waals surface area contributed by atoms with E-state index in [0.717, 1.165) is 23.7 Å². The Bertz CT molecular complexity index is 251. The van der Waals surface area contributed by atoms with Crippen molar-refractivity contribution in [2.24, 2.45) is 23.7 Å². The SMILES string of the molecule is CC1(OCOCCCl)C2CC3CC(C2)CC1C3. The number of hydrogen-bond donors (Lipinski definition) is 0. The van der Waals surface area contributed by atoms with E-state index in [-0.39, 0.29) is 5.60 Å². The Labute approximate surface area is 109 Å². The van der Waals surface area contributed by atoms with Gasteiger partial charge in [-0.25, -0.2) is 0 Å². The molecule has 98 valence electrons. The predicted molar refractivity (Wildman–Crippen MR) is 68.1 cm³/mol. The topological polar surface area (TPSA) is 18.5 Å². The lowest BCUT2D eigenvalue weighted by atomic mass is 9.50. The standard InChI is InChI=1S/C14H23ClO2/c1-14(17-9-16-3-2-15)12-5-10-4-11(7-12)8-13(14)6-10/h10-13H,2-9H2,1H3. The van der Waals surface area contributed by atoms with Gasteiger partial charge in [0.2, 0.25) is 0 Å². The molecular weight excluding hydrogens is 236 g/mol. The van der Waals surface area contributed by atoms with Crippen LogP contribution in [0, 0.1) is 23.7 Å². The molecule has 2 nitrogen and oxygen atoms in total. The van der Waals surface area contributed by atoms with Crippen LogP contribution in [0.3, 0.4) is 0 Å². The van der Waals surface area contributed by atoms with Crippen LogP contribution < -0.4 is 0 Å². The molecule has 0 aromatic carbocycles. The summed E-state index contributed by atoms with van der Waals surface area (Å²) >= 11 is 5.60. The van der Waals surface area contributed by atoms with E-state index in [1.54, 1.807) is 0 Å². The summed E-state index contributed by atoms with van der Waals surface area (Å²) in [6.45, 7) is 3.34. The number of hydrogen-bond acceptors (Lipinski definition) is 2. The van der Waals surface area contributed by atoms with Gasteiger partial charge in [-0.05, 0) is 62.7 Å². The summed E-state index contributed by atoms with van der Waals surface area (Å²) < 4.78 is 11.5. The van der Waals surface area contributed by atoms with E-state index in [1.807, 2.05) is 0 Å². The maximum absolute atomic E-state index is 6.13. The van der Waals surface area contributed by atoms with Crippen molar-refractivity contribution in [1.29, 1.82) is 0 Å². The van der Waals surface area contributed by atoms with Crippen LogP contribution in [-0.2, 0) is 9.47 Å². The van der Waals surface area contributed by atoms with Crippen molar-refractivity contribution in [3.05, 3.63) is 0 Å². The third-order valence-electron chi connectivity index (χ3n) is 5.43. The maximum atomic E-state index is 6.13. The zero-order valence-electron chi connectivity index (χ0n) is 10.7. The molecule has 0 saturated heterocycles. The van der Waals surface area contributed by atoms with Gasteiger partial charge in [0.25, 0.3) is 0 Å². The minimum atomic E-state index is 0.0831. The third-order valence-corrected chi connectivity index (χ3v) is 5.59. The summed E-state index contributed by atoms with van der Waals surface area (Å²) in [6, 6.07) is 0. The first-order valence-corrected chi connectivity index (χ1v) is 7.53. The summed E-state index contributed by atoms with van der Waals surface area (Å²) in [5.74, 6) is 4.10. The van der Waals surface area contributed by atoms with Crippen LogP contribution in [0.25, 0.3) is 0 Å². The fourth-order valence-electron chi connectivity index (χ4n) is 4.64. The molecule has 0 spiro atoms. The molecule has 0 amide bonds. The maximum Gasteiger partial charge on any atom is 0.147 e.